The van der Waals surface area contributed by atoms with E-state index in [-0.39, 0.29) is 11.5 Å². The zero-order valence-electron chi connectivity index (χ0n) is 12.6. The van der Waals surface area contributed by atoms with Gasteiger partial charge >= 0.3 is 0 Å². The first-order valence-electron chi connectivity index (χ1n) is 6.71. The molecule has 0 aliphatic carbocycles. The number of hydrogen-bond acceptors (Lipinski definition) is 4. The normalized spacial score (nSPS) is 11.0. The number of aromatic amines is 1. The number of rotatable bonds is 5. The summed E-state index contributed by atoms with van der Waals surface area (Å²) in [6.45, 7) is 3.27. The van der Waals surface area contributed by atoms with E-state index >= 15 is 0 Å². The molecule has 1 N–H and O–H groups in total. The van der Waals surface area contributed by atoms with Gasteiger partial charge in [-0.1, -0.05) is 18.2 Å². The van der Waals surface area contributed by atoms with Crippen LogP contribution in [-0.4, -0.2) is 23.0 Å². The van der Waals surface area contributed by atoms with E-state index in [2.05, 4.69) is 4.98 Å². The van der Waals surface area contributed by atoms with Gasteiger partial charge in [0.05, 0.1) is 11.7 Å². The number of carbonyl (C=O) groups excluding carboxylic acids is 2. The first-order chi connectivity index (χ1) is 10.4. The van der Waals surface area contributed by atoms with Crippen molar-refractivity contribution in [1.29, 1.82) is 0 Å². The zero-order valence-corrected chi connectivity index (χ0v) is 13.4. The van der Waals surface area contributed by atoms with Crippen LogP contribution in [0.2, 0.25) is 0 Å². The molecule has 0 radical (unpaired) electrons. The quantitative estimate of drug-likeness (QED) is 0.523. The summed E-state index contributed by atoms with van der Waals surface area (Å²) in [5.74, 6) is -1.54. The molecular formula is C17H16NO3S-. The first-order valence-corrected chi connectivity index (χ1v) is 7.93. The molecule has 0 saturated carbocycles. The van der Waals surface area contributed by atoms with E-state index < -0.39 is 5.97 Å². The lowest BCUT2D eigenvalue weighted by molar-refractivity contribution is -0.255. The molecule has 1 aromatic heterocycles. The Morgan fingerprint density at radius 1 is 1.18 bits per heavy atom. The molecule has 114 valence electrons. The van der Waals surface area contributed by atoms with Crippen molar-refractivity contribution in [2.75, 3.05) is 6.26 Å². The van der Waals surface area contributed by atoms with Crippen LogP contribution in [0.15, 0.2) is 35.2 Å². The number of aryl methyl sites for hydroxylation is 1. The van der Waals surface area contributed by atoms with Gasteiger partial charge in [0, 0.05) is 16.2 Å². The Bertz CT molecular complexity index is 742. The van der Waals surface area contributed by atoms with Gasteiger partial charge in [0.1, 0.15) is 0 Å². The standard InChI is InChI=1S/C17H17NO3S/c1-10-15(11(2)18-16(10)17(20)21)14(19)9-6-12-4-7-13(22-3)8-5-12/h4-9,18H,1-3H3,(H,20,21)/p-1/b9-6+. The Kier molecular flexibility index (Phi) is 4.88. The summed E-state index contributed by atoms with van der Waals surface area (Å²) >= 11 is 1.65. The average molecular weight is 314 g/mol. The highest BCUT2D eigenvalue weighted by molar-refractivity contribution is 7.98. The Labute approximate surface area is 133 Å². The summed E-state index contributed by atoms with van der Waals surface area (Å²) in [6.07, 6.45) is 5.17. The number of carboxylic acids is 1. The first kappa shape index (κ1) is 16.1. The molecular weight excluding hydrogens is 298 g/mol. The van der Waals surface area contributed by atoms with Crippen LogP contribution in [0, 0.1) is 13.8 Å². The molecule has 0 saturated heterocycles. The third kappa shape index (κ3) is 3.31. The molecule has 2 rings (SSSR count). The van der Waals surface area contributed by atoms with Gasteiger partial charge in [0.25, 0.3) is 0 Å². The van der Waals surface area contributed by atoms with Crippen LogP contribution < -0.4 is 5.11 Å². The highest BCUT2D eigenvalue weighted by Crippen LogP contribution is 2.20. The number of H-pyrrole nitrogens is 1. The summed E-state index contributed by atoms with van der Waals surface area (Å²) in [6, 6.07) is 7.82. The smallest absolute Gasteiger partial charge is 0.187 e. The van der Waals surface area contributed by atoms with E-state index in [9.17, 15) is 14.7 Å². The summed E-state index contributed by atoms with van der Waals surface area (Å²) < 4.78 is 0. The van der Waals surface area contributed by atoms with Crippen molar-refractivity contribution < 1.29 is 14.7 Å². The Hall–Kier alpha value is -2.27. The van der Waals surface area contributed by atoms with Crippen LogP contribution in [-0.2, 0) is 0 Å². The predicted octanol–water partition coefficient (Wildman–Crippen LogP) is 2.61. The summed E-state index contributed by atoms with van der Waals surface area (Å²) in [5, 5.41) is 11.0. The third-order valence-corrected chi connectivity index (χ3v) is 4.17. The van der Waals surface area contributed by atoms with E-state index in [1.54, 1.807) is 31.7 Å². The van der Waals surface area contributed by atoms with Gasteiger partial charge in [-0.3, -0.25) is 4.79 Å². The van der Waals surface area contributed by atoms with Gasteiger partial charge in [-0.15, -0.1) is 11.8 Å². The topological polar surface area (TPSA) is 73.0 Å². The van der Waals surface area contributed by atoms with Crippen LogP contribution in [0.25, 0.3) is 6.08 Å². The van der Waals surface area contributed by atoms with Gasteiger partial charge in [0.15, 0.2) is 5.78 Å². The molecule has 0 bridgehead atoms. The second-order valence-corrected chi connectivity index (χ2v) is 5.76. The monoisotopic (exact) mass is 314 g/mol. The molecule has 0 atom stereocenters. The van der Waals surface area contributed by atoms with E-state index in [0.717, 1.165) is 10.5 Å². The SMILES string of the molecule is CSc1ccc(/C=C/C(=O)c2c(C)[nH]c(C(=O)[O-])c2C)cc1. The minimum atomic E-state index is -1.31. The maximum absolute atomic E-state index is 12.3. The third-order valence-electron chi connectivity index (χ3n) is 3.43. The van der Waals surface area contributed by atoms with Crippen molar-refractivity contribution in [2.24, 2.45) is 0 Å². The summed E-state index contributed by atoms with van der Waals surface area (Å²) in [4.78, 5) is 27.1. The molecule has 0 fully saturated rings. The molecule has 2 aromatic rings. The molecule has 0 aliphatic heterocycles. The number of carbonyl (C=O) groups is 2. The number of nitrogens with one attached hydrogen (secondary N) is 1. The number of thioether (sulfide) groups is 1. The van der Waals surface area contributed by atoms with E-state index in [1.807, 2.05) is 30.5 Å². The van der Waals surface area contributed by atoms with E-state index in [4.69, 9.17) is 0 Å². The Morgan fingerprint density at radius 2 is 1.82 bits per heavy atom. The molecule has 4 nitrogen and oxygen atoms in total. The van der Waals surface area contributed by atoms with Crippen LogP contribution in [0.5, 0.6) is 0 Å². The lowest BCUT2D eigenvalue weighted by Crippen LogP contribution is -2.23. The minimum absolute atomic E-state index is 0.0430. The minimum Gasteiger partial charge on any atom is -0.543 e. The van der Waals surface area contributed by atoms with Crippen LogP contribution in [0.3, 0.4) is 0 Å². The fourth-order valence-electron chi connectivity index (χ4n) is 2.29. The van der Waals surface area contributed by atoms with Crippen molar-refractivity contribution in [2.45, 2.75) is 18.7 Å². The molecule has 0 spiro atoms. The summed E-state index contributed by atoms with van der Waals surface area (Å²) in [5.41, 5.74) is 2.20. The number of carboxylic acid groups (broad SMARTS) is 1. The molecule has 22 heavy (non-hydrogen) atoms. The predicted molar refractivity (Wildman–Crippen MR) is 86.2 cm³/mol. The average Bonchev–Trinajstić information content (AvgIpc) is 2.80. The van der Waals surface area contributed by atoms with Crippen LogP contribution >= 0.6 is 11.8 Å². The Morgan fingerprint density at radius 3 is 2.32 bits per heavy atom. The lowest BCUT2D eigenvalue weighted by atomic mass is 10.0. The maximum Gasteiger partial charge on any atom is 0.187 e. The van der Waals surface area contributed by atoms with Gasteiger partial charge in [-0.25, -0.2) is 0 Å². The van der Waals surface area contributed by atoms with Gasteiger partial charge in [0.2, 0.25) is 0 Å². The number of hydrogen-bond donors (Lipinski definition) is 1. The molecule has 0 amide bonds. The fraction of sp³-hybridized carbons (Fsp3) is 0.176. The number of aromatic carboxylic acids is 1. The second-order valence-electron chi connectivity index (χ2n) is 4.88. The zero-order chi connectivity index (χ0) is 16.3. The van der Waals surface area contributed by atoms with Gasteiger partial charge < -0.3 is 14.9 Å². The van der Waals surface area contributed by atoms with Crippen molar-refractivity contribution in [3.63, 3.8) is 0 Å². The van der Waals surface area contributed by atoms with E-state index in [1.165, 1.54) is 6.08 Å². The van der Waals surface area contributed by atoms with Crippen LogP contribution in [0.1, 0.15) is 37.7 Å². The molecule has 1 aromatic carbocycles. The Balaban J connectivity index is 2.25. The molecule has 0 unspecified atom stereocenters. The van der Waals surface area contributed by atoms with Crippen molar-refractivity contribution in [1.82, 2.24) is 4.98 Å². The second kappa shape index (κ2) is 6.66. The fourth-order valence-corrected chi connectivity index (χ4v) is 2.70. The number of aromatic nitrogens is 1. The number of allylic oxidation sites excluding steroid dienone is 1. The summed E-state index contributed by atoms with van der Waals surface area (Å²) in [7, 11) is 0. The van der Waals surface area contributed by atoms with Crippen LogP contribution in [0.4, 0.5) is 0 Å². The van der Waals surface area contributed by atoms with Gasteiger partial charge in [-0.2, -0.15) is 0 Å². The molecule has 1 heterocycles. The lowest BCUT2D eigenvalue weighted by Gasteiger charge is -2.01. The largest absolute Gasteiger partial charge is 0.543 e. The molecule has 0 aliphatic rings. The molecule has 5 heteroatoms. The van der Waals surface area contributed by atoms with Gasteiger partial charge in [-0.05, 0) is 49.4 Å². The highest BCUT2D eigenvalue weighted by atomic mass is 32.2. The maximum atomic E-state index is 12.3. The number of benzene rings is 1. The van der Waals surface area contributed by atoms with Crippen molar-refractivity contribution in [3.8, 4) is 0 Å². The van der Waals surface area contributed by atoms with Crippen molar-refractivity contribution >= 4 is 29.6 Å². The number of ketones is 1. The van der Waals surface area contributed by atoms with Crippen molar-refractivity contribution in [3.05, 3.63) is 58.4 Å². The van der Waals surface area contributed by atoms with E-state index in [0.29, 0.717) is 16.8 Å². The highest BCUT2D eigenvalue weighted by Gasteiger charge is 2.16.